The van der Waals surface area contributed by atoms with Crippen LogP contribution in [0.1, 0.15) is 5.69 Å². The van der Waals surface area contributed by atoms with E-state index < -0.39 is 0 Å². The van der Waals surface area contributed by atoms with Crippen LogP contribution in [0, 0.1) is 0 Å². The van der Waals surface area contributed by atoms with Crippen molar-refractivity contribution in [2.45, 2.75) is 6.42 Å². The van der Waals surface area contributed by atoms with Crippen LogP contribution in [0.5, 0.6) is 5.75 Å². The van der Waals surface area contributed by atoms with E-state index in [1.165, 1.54) is 0 Å². The van der Waals surface area contributed by atoms with Gasteiger partial charge in [-0.05, 0) is 12.1 Å². The second-order valence-electron chi connectivity index (χ2n) is 2.93. The van der Waals surface area contributed by atoms with Gasteiger partial charge in [-0.2, -0.15) is 0 Å². The molecule has 4 heteroatoms. The fraction of sp³-hybridized carbons (Fsp3) is 0.300. The lowest BCUT2D eigenvalue weighted by Gasteiger charge is -1.97. The summed E-state index contributed by atoms with van der Waals surface area (Å²) in [4.78, 5) is 0. The molecular formula is C10H10ClNO2. The van der Waals surface area contributed by atoms with Crippen LogP contribution in [0.4, 0.5) is 0 Å². The van der Waals surface area contributed by atoms with Crippen molar-refractivity contribution in [3.05, 3.63) is 23.9 Å². The van der Waals surface area contributed by atoms with Crippen molar-refractivity contribution in [1.29, 1.82) is 0 Å². The summed E-state index contributed by atoms with van der Waals surface area (Å²) in [5, 5.41) is 4.95. The lowest BCUT2D eigenvalue weighted by atomic mass is 10.2. The van der Waals surface area contributed by atoms with E-state index in [9.17, 15) is 0 Å². The average molecular weight is 212 g/mol. The molecule has 3 nitrogen and oxygen atoms in total. The summed E-state index contributed by atoms with van der Waals surface area (Å²) >= 11 is 5.65. The molecule has 0 amide bonds. The number of ether oxygens (including phenoxy) is 1. The van der Waals surface area contributed by atoms with Gasteiger partial charge in [0, 0.05) is 23.8 Å². The van der Waals surface area contributed by atoms with Crippen molar-refractivity contribution >= 4 is 22.6 Å². The van der Waals surface area contributed by atoms with E-state index in [2.05, 4.69) is 5.16 Å². The average Bonchev–Trinajstić information content (AvgIpc) is 2.61. The van der Waals surface area contributed by atoms with Gasteiger partial charge in [0.1, 0.15) is 5.75 Å². The minimum atomic E-state index is 0.549. The van der Waals surface area contributed by atoms with Crippen LogP contribution in [0.25, 0.3) is 11.0 Å². The van der Waals surface area contributed by atoms with Gasteiger partial charge in [0.05, 0.1) is 12.8 Å². The number of fused-ring (bicyclic) bond motifs is 1. The number of aryl methyl sites for hydroxylation is 1. The Morgan fingerprint density at radius 2 is 2.36 bits per heavy atom. The third-order valence-corrected chi connectivity index (χ3v) is 2.27. The summed E-state index contributed by atoms with van der Waals surface area (Å²) in [6.07, 6.45) is 0.723. The maximum absolute atomic E-state index is 5.65. The van der Waals surface area contributed by atoms with Gasteiger partial charge in [-0.15, -0.1) is 11.6 Å². The first-order valence-electron chi connectivity index (χ1n) is 4.33. The van der Waals surface area contributed by atoms with Crippen molar-refractivity contribution in [1.82, 2.24) is 5.16 Å². The summed E-state index contributed by atoms with van der Waals surface area (Å²) in [7, 11) is 1.62. The van der Waals surface area contributed by atoms with Gasteiger partial charge in [0.2, 0.25) is 0 Å². The predicted octanol–water partition coefficient (Wildman–Crippen LogP) is 2.62. The van der Waals surface area contributed by atoms with Gasteiger partial charge in [0.15, 0.2) is 5.58 Å². The Morgan fingerprint density at radius 1 is 1.50 bits per heavy atom. The van der Waals surface area contributed by atoms with E-state index in [1.54, 1.807) is 7.11 Å². The lowest BCUT2D eigenvalue weighted by Crippen LogP contribution is -1.86. The van der Waals surface area contributed by atoms with E-state index >= 15 is 0 Å². The standard InChI is InChI=1S/C10H10ClNO2/c1-13-7-2-3-8-9(4-5-11)12-14-10(8)6-7/h2-3,6H,4-5H2,1H3. The maximum atomic E-state index is 5.65. The van der Waals surface area contributed by atoms with Gasteiger partial charge in [-0.3, -0.25) is 0 Å². The van der Waals surface area contributed by atoms with E-state index in [-0.39, 0.29) is 0 Å². The van der Waals surface area contributed by atoms with Crippen LogP contribution < -0.4 is 4.74 Å². The van der Waals surface area contributed by atoms with Gasteiger partial charge < -0.3 is 9.26 Å². The number of hydrogen-bond acceptors (Lipinski definition) is 3. The fourth-order valence-electron chi connectivity index (χ4n) is 1.37. The summed E-state index contributed by atoms with van der Waals surface area (Å²) < 4.78 is 10.2. The second-order valence-corrected chi connectivity index (χ2v) is 3.31. The molecule has 0 spiro atoms. The number of methoxy groups -OCH3 is 1. The first-order valence-corrected chi connectivity index (χ1v) is 4.87. The Morgan fingerprint density at radius 3 is 3.07 bits per heavy atom. The number of hydrogen-bond donors (Lipinski definition) is 0. The predicted molar refractivity (Wildman–Crippen MR) is 55.0 cm³/mol. The van der Waals surface area contributed by atoms with Crippen molar-refractivity contribution in [3.8, 4) is 5.75 Å². The Balaban J connectivity index is 2.48. The molecule has 1 aromatic heterocycles. The van der Waals surface area contributed by atoms with Gasteiger partial charge in [-0.1, -0.05) is 5.16 Å². The molecule has 14 heavy (non-hydrogen) atoms. The monoisotopic (exact) mass is 211 g/mol. The molecule has 0 fully saturated rings. The van der Waals surface area contributed by atoms with Crippen LogP contribution in [0.15, 0.2) is 22.7 Å². The van der Waals surface area contributed by atoms with E-state index in [4.69, 9.17) is 20.9 Å². The molecule has 0 aliphatic heterocycles. The third kappa shape index (κ3) is 1.55. The Hall–Kier alpha value is -1.22. The van der Waals surface area contributed by atoms with Gasteiger partial charge in [0.25, 0.3) is 0 Å². The molecule has 0 aliphatic carbocycles. The Bertz CT molecular complexity index is 439. The minimum absolute atomic E-state index is 0.549. The molecule has 0 saturated heterocycles. The molecule has 0 radical (unpaired) electrons. The third-order valence-electron chi connectivity index (χ3n) is 2.09. The van der Waals surface area contributed by atoms with Crippen LogP contribution in [0.3, 0.4) is 0 Å². The zero-order valence-electron chi connectivity index (χ0n) is 7.79. The molecule has 0 N–H and O–H groups in total. The number of benzene rings is 1. The highest BCUT2D eigenvalue weighted by atomic mass is 35.5. The summed E-state index contributed by atoms with van der Waals surface area (Å²) in [5.41, 5.74) is 1.64. The molecule has 2 aromatic rings. The minimum Gasteiger partial charge on any atom is -0.497 e. The molecule has 0 saturated carbocycles. The highest BCUT2D eigenvalue weighted by molar-refractivity contribution is 6.18. The molecule has 0 atom stereocenters. The number of aromatic nitrogens is 1. The summed E-state index contributed by atoms with van der Waals surface area (Å²) in [6.45, 7) is 0. The van der Waals surface area contributed by atoms with Crippen molar-refractivity contribution in [2.75, 3.05) is 13.0 Å². The molecular weight excluding hydrogens is 202 g/mol. The molecule has 0 bridgehead atoms. The smallest absolute Gasteiger partial charge is 0.170 e. The zero-order valence-corrected chi connectivity index (χ0v) is 8.54. The topological polar surface area (TPSA) is 35.3 Å². The Labute approximate surface area is 86.6 Å². The van der Waals surface area contributed by atoms with Crippen LogP contribution in [-0.4, -0.2) is 18.1 Å². The molecule has 74 valence electrons. The first kappa shape index (κ1) is 9.34. The second kappa shape index (κ2) is 3.88. The zero-order chi connectivity index (χ0) is 9.97. The van der Waals surface area contributed by atoms with Gasteiger partial charge >= 0.3 is 0 Å². The lowest BCUT2D eigenvalue weighted by molar-refractivity contribution is 0.411. The fourth-order valence-corrected chi connectivity index (χ4v) is 1.55. The maximum Gasteiger partial charge on any atom is 0.170 e. The van der Waals surface area contributed by atoms with Crippen LogP contribution >= 0.6 is 11.6 Å². The van der Waals surface area contributed by atoms with Crippen LogP contribution in [-0.2, 0) is 6.42 Å². The quantitative estimate of drug-likeness (QED) is 0.733. The number of halogens is 1. The van der Waals surface area contributed by atoms with E-state index in [0.29, 0.717) is 5.88 Å². The Kier molecular flexibility index (Phi) is 2.59. The van der Waals surface area contributed by atoms with Crippen LogP contribution in [0.2, 0.25) is 0 Å². The van der Waals surface area contributed by atoms with Crippen molar-refractivity contribution in [2.24, 2.45) is 0 Å². The highest BCUT2D eigenvalue weighted by Gasteiger charge is 2.07. The summed E-state index contributed by atoms with van der Waals surface area (Å²) in [6, 6.07) is 5.64. The number of nitrogens with zero attached hydrogens (tertiary/aromatic N) is 1. The molecule has 2 rings (SSSR count). The largest absolute Gasteiger partial charge is 0.497 e. The number of alkyl halides is 1. The molecule has 1 heterocycles. The van der Waals surface area contributed by atoms with Gasteiger partial charge in [-0.25, -0.2) is 0 Å². The summed E-state index contributed by atoms with van der Waals surface area (Å²) in [5.74, 6) is 1.32. The first-order chi connectivity index (χ1) is 6.85. The van der Waals surface area contributed by atoms with Crippen molar-refractivity contribution in [3.63, 3.8) is 0 Å². The van der Waals surface area contributed by atoms with Crippen molar-refractivity contribution < 1.29 is 9.26 Å². The molecule has 1 aromatic carbocycles. The molecule has 0 unspecified atom stereocenters. The number of rotatable bonds is 3. The normalized spacial score (nSPS) is 10.7. The highest BCUT2D eigenvalue weighted by Crippen LogP contribution is 2.23. The molecule has 0 aliphatic rings. The van der Waals surface area contributed by atoms with E-state index in [0.717, 1.165) is 28.8 Å². The SMILES string of the molecule is COc1ccc2c(CCCl)noc2c1. The van der Waals surface area contributed by atoms with E-state index in [1.807, 2.05) is 18.2 Å².